The lowest BCUT2D eigenvalue weighted by molar-refractivity contribution is -0.158. The van der Waals surface area contributed by atoms with E-state index in [0.29, 0.717) is 18.8 Å². The Kier molecular flexibility index (Phi) is 1.79. The van der Waals surface area contributed by atoms with Gasteiger partial charge in [-0.1, -0.05) is 13.8 Å². The first-order valence-electron chi connectivity index (χ1n) is 5.08. The molecule has 0 aromatic carbocycles. The molecule has 0 saturated heterocycles. The molecule has 2 fully saturated rings. The first kappa shape index (κ1) is 9.69. The number of carbonyl (C=O) groups is 2. The fraction of sp³-hybridized carbons (Fsp3) is 0.818. The lowest BCUT2D eigenvalue weighted by atomic mass is 9.71. The van der Waals surface area contributed by atoms with Gasteiger partial charge in [0.1, 0.15) is 5.41 Å². The van der Waals surface area contributed by atoms with Gasteiger partial charge in [0, 0.05) is 5.41 Å². The molecule has 2 rings (SSSR count). The number of Topliss-reactive ketones (excluding diaryl/α,β-unsaturated/α-hetero) is 1. The van der Waals surface area contributed by atoms with Crippen LogP contribution in [0.15, 0.2) is 0 Å². The average molecular weight is 196 g/mol. The van der Waals surface area contributed by atoms with Crippen molar-refractivity contribution in [1.29, 1.82) is 0 Å². The molecule has 0 aromatic heterocycles. The Labute approximate surface area is 83.8 Å². The normalized spacial score (nSPS) is 38.8. The van der Waals surface area contributed by atoms with E-state index >= 15 is 0 Å². The maximum atomic E-state index is 12.1. The highest BCUT2D eigenvalue weighted by Crippen LogP contribution is 2.60. The third kappa shape index (κ3) is 0.877. The molecule has 3 heteroatoms. The van der Waals surface area contributed by atoms with Gasteiger partial charge < -0.3 is 4.74 Å². The number of esters is 1. The van der Waals surface area contributed by atoms with Crippen molar-refractivity contribution in [2.24, 2.45) is 16.7 Å². The second-order valence-electron chi connectivity index (χ2n) is 5.06. The Hall–Kier alpha value is -0.860. The molecule has 0 spiro atoms. The predicted octanol–water partition coefficient (Wildman–Crippen LogP) is 1.55. The smallest absolute Gasteiger partial charge is 0.319 e. The number of hydrogen-bond acceptors (Lipinski definition) is 3. The van der Waals surface area contributed by atoms with Gasteiger partial charge in [-0.3, -0.25) is 9.59 Å². The minimum Gasteiger partial charge on any atom is -0.468 e. The van der Waals surface area contributed by atoms with E-state index in [2.05, 4.69) is 0 Å². The van der Waals surface area contributed by atoms with E-state index in [0.717, 1.165) is 6.42 Å². The van der Waals surface area contributed by atoms with E-state index < -0.39 is 5.41 Å². The van der Waals surface area contributed by atoms with E-state index in [1.165, 1.54) is 7.11 Å². The number of fused-ring (bicyclic) bond motifs is 2. The van der Waals surface area contributed by atoms with Gasteiger partial charge in [0.15, 0.2) is 5.78 Å². The molecule has 14 heavy (non-hydrogen) atoms. The highest BCUT2D eigenvalue weighted by atomic mass is 16.5. The monoisotopic (exact) mass is 196 g/mol. The SMILES string of the molecule is COC(=O)C12CCC(C1)C(C)(C)C2=O. The minimum absolute atomic E-state index is 0.0908. The summed E-state index contributed by atoms with van der Waals surface area (Å²) in [5.41, 5.74) is -1.12. The van der Waals surface area contributed by atoms with Crippen LogP contribution < -0.4 is 0 Å². The van der Waals surface area contributed by atoms with Gasteiger partial charge in [0.2, 0.25) is 0 Å². The maximum Gasteiger partial charge on any atom is 0.319 e. The third-order valence-corrected chi connectivity index (χ3v) is 4.13. The molecule has 0 aromatic rings. The Bertz CT molecular complexity index is 306. The number of carbonyl (C=O) groups excluding carboxylic acids is 2. The van der Waals surface area contributed by atoms with Gasteiger partial charge in [0.25, 0.3) is 0 Å². The standard InChI is InChI=1S/C11H16O3/c1-10(2)7-4-5-11(6-7,8(10)12)9(13)14-3/h7H,4-6H2,1-3H3. The summed E-state index contributed by atoms with van der Waals surface area (Å²) in [4.78, 5) is 23.8. The molecule has 0 heterocycles. The summed E-state index contributed by atoms with van der Waals surface area (Å²) in [6.45, 7) is 3.90. The van der Waals surface area contributed by atoms with Crippen LogP contribution in [0, 0.1) is 16.7 Å². The summed E-state index contributed by atoms with van der Waals surface area (Å²) >= 11 is 0. The largest absolute Gasteiger partial charge is 0.468 e. The predicted molar refractivity (Wildman–Crippen MR) is 50.6 cm³/mol. The Morgan fingerprint density at radius 3 is 2.57 bits per heavy atom. The first-order valence-corrected chi connectivity index (χ1v) is 5.08. The van der Waals surface area contributed by atoms with Crippen molar-refractivity contribution in [2.45, 2.75) is 33.1 Å². The second kappa shape index (κ2) is 2.59. The van der Waals surface area contributed by atoms with Crippen LogP contribution in [0.4, 0.5) is 0 Å². The molecule has 0 aliphatic heterocycles. The van der Waals surface area contributed by atoms with Crippen molar-refractivity contribution in [1.82, 2.24) is 0 Å². The molecule has 3 nitrogen and oxygen atoms in total. The van der Waals surface area contributed by atoms with Crippen LogP contribution in [0.2, 0.25) is 0 Å². The lowest BCUT2D eigenvalue weighted by Crippen LogP contribution is -2.42. The van der Waals surface area contributed by atoms with Gasteiger partial charge >= 0.3 is 5.97 Å². The molecule has 2 saturated carbocycles. The fourth-order valence-corrected chi connectivity index (χ4v) is 3.14. The first-order chi connectivity index (χ1) is 6.45. The van der Waals surface area contributed by atoms with Crippen molar-refractivity contribution in [2.75, 3.05) is 7.11 Å². The molecular formula is C11H16O3. The maximum absolute atomic E-state index is 12.1. The zero-order valence-corrected chi connectivity index (χ0v) is 8.92. The Balaban J connectivity index is 2.40. The van der Waals surface area contributed by atoms with Gasteiger partial charge in [-0.2, -0.15) is 0 Å². The van der Waals surface area contributed by atoms with Crippen LogP contribution in [0.5, 0.6) is 0 Å². The summed E-state index contributed by atoms with van der Waals surface area (Å²) in [6.07, 6.45) is 2.37. The van der Waals surface area contributed by atoms with Gasteiger partial charge in [-0.25, -0.2) is 0 Å². The van der Waals surface area contributed by atoms with Crippen molar-refractivity contribution in [3.63, 3.8) is 0 Å². The van der Waals surface area contributed by atoms with Gasteiger partial charge in [-0.05, 0) is 25.2 Å². The fourth-order valence-electron chi connectivity index (χ4n) is 3.14. The zero-order valence-electron chi connectivity index (χ0n) is 8.92. The Morgan fingerprint density at radius 2 is 2.14 bits per heavy atom. The van der Waals surface area contributed by atoms with Crippen LogP contribution in [-0.4, -0.2) is 18.9 Å². The summed E-state index contributed by atoms with van der Waals surface area (Å²) < 4.78 is 4.76. The van der Waals surface area contributed by atoms with E-state index in [1.807, 2.05) is 13.8 Å². The summed E-state index contributed by atoms with van der Waals surface area (Å²) in [7, 11) is 1.36. The van der Waals surface area contributed by atoms with Crippen LogP contribution in [0.3, 0.4) is 0 Å². The molecule has 0 radical (unpaired) electrons. The molecule has 0 amide bonds. The molecule has 2 atom stereocenters. The number of methoxy groups -OCH3 is 1. The summed E-state index contributed by atoms with van der Waals surface area (Å²) in [6, 6.07) is 0. The molecule has 78 valence electrons. The van der Waals surface area contributed by atoms with E-state index in [9.17, 15) is 9.59 Å². The topological polar surface area (TPSA) is 43.4 Å². The van der Waals surface area contributed by atoms with Crippen LogP contribution in [-0.2, 0) is 14.3 Å². The third-order valence-electron chi connectivity index (χ3n) is 4.13. The highest BCUT2D eigenvalue weighted by Gasteiger charge is 2.65. The second-order valence-corrected chi connectivity index (χ2v) is 5.06. The Morgan fingerprint density at radius 1 is 1.50 bits per heavy atom. The van der Waals surface area contributed by atoms with Crippen molar-refractivity contribution in [3.05, 3.63) is 0 Å². The zero-order chi connectivity index (χ0) is 10.6. The van der Waals surface area contributed by atoms with Crippen molar-refractivity contribution in [3.8, 4) is 0 Å². The lowest BCUT2D eigenvalue weighted by Gasteiger charge is -2.31. The van der Waals surface area contributed by atoms with Crippen molar-refractivity contribution < 1.29 is 14.3 Å². The number of hydrogen-bond donors (Lipinski definition) is 0. The molecule has 2 aliphatic carbocycles. The highest BCUT2D eigenvalue weighted by molar-refractivity contribution is 6.08. The van der Waals surface area contributed by atoms with E-state index in [1.54, 1.807) is 0 Å². The van der Waals surface area contributed by atoms with Gasteiger partial charge in [-0.15, -0.1) is 0 Å². The number of ketones is 1. The molecule has 2 aliphatic rings. The molecule has 2 bridgehead atoms. The minimum atomic E-state index is -0.789. The number of ether oxygens (including phenoxy) is 1. The van der Waals surface area contributed by atoms with E-state index in [4.69, 9.17) is 4.74 Å². The molecular weight excluding hydrogens is 180 g/mol. The van der Waals surface area contributed by atoms with E-state index in [-0.39, 0.29) is 17.2 Å². The van der Waals surface area contributed by atoms with Crippen LogP contribution in [0.25, 0.3) is 0 Å². The number of rotatable bonds is 1. The molecule has 0 N–H and O–H groups in total. The quantitative estimate of drug-likeness (QED) is 0.472. The van der Waals surface area contributed by atoms with Crippen LogP contribution >= 0.6 is 0 Å². The average Bonchev–Trinajstić information content (AvgIpc) is 2.66. The molecule has 2 unspecified atom stereocenters. The summed E-state index contributed by atoms with van der Waals surface area (Å²) in [5.74, 6) is 0.137. The van der Waals surface area contributed by atoms with Crippen molar-refractivity contribution >= 4 is 11.8 Å². The van der Waals surface area contributed by atoms with Gasteiger partial charge in [0.05, 0.1) is 7.11 Å². The summed E-state index contributed by atoms with van der Waals surface area (Å²) in [5, 5.41) is 0. The van der Waals surface area contributed by atoms with Crippen LogP contribution in [0.1, 0.15) is 33.1 Å².